The highest BCUT2D eigenvalue weighted by Gasteiger charge is 2.43. The van der Waals surface area contributed by atoms with Crippen LogP contribution in [0.4, 0.5) is 28.4 Å². The Hall–Kier alpha value is -14.7. The topological polar surface area (TPSA) is 41.6 Å². The van der Waals surface area contributed by atoms with E-state index in [9.17, 15) is 0 Å². The van der Waals surface area contributed by atoms with Crippen molar-refractivity contribution in [3.05, 3.63) is 502 Å². The van der Waals surface area contributed by atoms with Crippen molar-refractivity contribution < 1.29 is 10.3 Å². The summed E-state index contributed by atoms with van der Waals surface area (Å²) in [7, 11) is -5.10. The molecule has 2 aromatic heterocycles. The molecule has 21 aromatic rings. The molecule has 7 heteroatoms. The number of hydrogen-bond donors (Lipinski definition) is 1. The monoisotopic (exact) mass is 1650 g/mol. The molecule has 0 atom stereocenters. The van der Waals surface area contributed by atoms with Gasteiger partial charge in [0.25, 0.3) is 0 Å². The van der Waals surface area contributed by atoms with Gasteiger partial charge in [-0.3, -0.25) is 0 Å². The molecule has 4 nitrogen and oxygen atoms in total. The molecule has 0 radical (unpaired) electrons. The molecule has 0 aliphatic heterocycles. The Morgan fingerprint density at radius 1 is 0.198 bits per heavy atom. The zero-order chi connectivity index (χ0) is 81.2. The lowest BCUT2D eigenvalue weighted by atomic mass is 10.0. The number of fused-ring (bicyclic) bond motifs is 6. The molecule has 21 rings (SSSR count). The molecule has 0 saturated carbocycles. The van der Waals surface area contributed by atoms with Gasteiger partial charge in [-0.15, -0.1) is 0 Å². The van der Waals surface area contributed by atoms with Crippen LogP contribution in [0.25, 0.3) is 99.5 Å². The van der Waals surface area contributed by atoms with E-state index in [-0.39, 0.29) is 1.43 Å². The van der Waals surface area contributed by atoms with Crippen LogP contribution in [0, 0.1) is 0 Å². The predicted octanol–water partition coefficient (Wildman–Crippen LogP) is 26.2. The number of rotatable bonds is 18. The summed E-state index contributed by atoms with van der Waals surface area (Å²) < 4.78 is 13.6. The fourth-order valence-corrected chi connectivity index (χ4v) is 27.2. The first-order valence-corrected chi connectivity index (χ1v) is 45.9. The number of benzene rings is 19. The van der Waals surface area contributed by atoms with Crippen LogP contribution in [0.3, 0.4) is 0 Å². The smallest absolute Gasteiger partial charge is 0.179 e. The molecule has 0 bridgehead atoms. The highest BCUT2D eigenvalue weighted by molar-refractivity contribution is 9.10. The van der Waals surface area contributed by atoms with Crippen LogP contribution in [0.15, 0.2) is 511 Å². The number of para-hydroxylation sites is 4. The third-order valence-corrected chi connectivity index (χ3v) is 33.4. The Balaban J connectivity index is 0.000000144. The van der Waals surface area contributed by atoms with E-state index in [4.69, 9.17) is 8.83 Å². The molecule has 0 aliphatic rings. The first-order chi connectivity index (χ1) is 59.9. The van der Waals surface area contributed by atoms with E-state index in [1.165, 1.54) is 85.6 Å². The lowest BCUT2D eigenvalue weighted by Gasteiger charge is -2.34. The molecule has 0 aliphatic carbocycles. The second-order valence-electron chi connectivity index (χ2n) is 30.3. The van der Waals surface area contributed by atoms with Gasteiger partial charge in [0.2, 0.25) is 0 Å². The maximum atomic E-state index is 6.42. The van der Waals surface area contributed by atoms with Crippen LogP contribution in [0.1, 0.15) is 1.43 Å². The van der Waals surface area contributed by atoms with Crippen molar-refractivity contribution in [3.63, 3.8) is 0 Å². The van der Waals surface area contributed by atoms with Crippen LogP contribution in [0.2, 0.25) is 0 Å². The Morgan fingerprint density at radius 2 is 0.430 bits per heavy atom. The van der Waals surface area contributed by atoms with E-state index in [2.05, 4.69) is 487 Å². The average molecular weight is 1650 g/mol. The first-order valence-electron chi connectivity index (χ1n) is 41.1. The third kappa shape index (κ3) is 15.5. The fraction of sp³-hybridized carbons (Fsp3) is 0. The Bertz CT molecular complexity index is 6830. The van der Waals surface area contributed by atoms with Gasteiger partial charge in [0.15, 0.2) is 16.1 Å². The maximum absolute atomic E-state index is 6.42. The second kappa shape index (κ2) is 34.8. The van der Waals surface area contributed by atoms with E-state index in [0.717, 1.165) is 88.3 Å². The third-order valence-electron chi connectivity index (χ3n) is 23.2. The van der Waals surface area contributed by atoms with Crippen molar-refractivity contribution in [1.82, 2.24) is 0 Å². The van der Waals surface area contributed by atoms with Crippen LogP contribution >= 0.6 is 15.9 Å². The largest absolute Gasteiger partial charge is 0.455 e. The van der Waals surface area contributed by atoms with Crippen molar-refractivity contribution in [2.75, 3.05) is 10.2 Å². The molecule has 121 heavy (non-hydrogen) atoms. The summed E-state index contributed by atoms with van der Waals surface area (Å²) in [4.78, 5) is 2.34. The molecule has 0 amide bonds. The molecule has 0 fully saturated rings. The number of nitrogens with zero attached hydrogens (tertiary/aromatic N) is 1. The van der Waals surface area contributed by atoms with Gasteiger partial charge in [-0.05, 0) is 171 Å². The number of nitrogens with one attached hydrogen (secondary N) is 1. The van der Waals surface area contributed by atoms with Gasteiger partial charge >= 0.3 is 0 Å². The zero-order valence-electron chi connectivity index (χ0n) is 66.5. The average Bonchev–Trinajstić information content (AvgIpc) is 1.00. The zero-order valence-corrected chi connectivity index (χ0v) is 70.1. The van der Waals surface area contributed by atoms with Gasteiger partial charge in [-0.25, -0.2) is 0 Å². The quantitative estimate of drug-likeness (QED) is 0.0687. The minimum absolute atomic E-state index is 0. The van der Waals surface area contributed by atoms with Crippen molar-refractivity contribution >= 4 is 146 Å². The summed E-state index contributed by atoms with van der Waals surface area (Å²) >= 11 is 3.47. The normalized spacial score (nSPS) is 11.3. The lowest BCUT2D eigenvalue weighted by Crippen LogP contribution is -2.74. The van der Waals surface area contributed by atoms with Crippen molar-refractivity contribution in [2.45, 2.75) is 0 Å². The number of halogens is 1. The van der Waals surface area contributed by atoms with E-state index >= 15 is 0 Å². The van der Waals surface area contributed by atoms with Crippen molar-refractivity contribution in [1.29, 1.82) is 0 Å². The molecule has 0 unspecified atom stereocenters. The number of furan rings is 2. The molecule has 2 heterocycles. The van der Waals surface area contributed by atoms with Gasteiger partial charge in [0.05, 0.1) is 0 Å². The molecule has 0 saturated heterocycles. The number of hydrogen-bond acceptors (Lipinski definition) is 4. The van der Waals surface area contributed by atoms with E-state index < -0.39 is 16.1 Å². The van der Waals surface area contributed by atoms with Gasteiger partial charge in [-0.1, -0.05) is 428 Å². The minimum atomic E-state index is -2.61. The predicted molar refractivity (Wildman–Crippen MR) is 523 cm³/mol. The number of anilines is 5. The Morgan fingerprint density at radius 3 is 0.760 bits per heavy atom. The van der Waals surface area contributed by atoms with Crippen LogP contribution < -0.4 is 51.7 Å². The molecule has 0 spiro atoms. The second-order valence-corrected chi connectivity index (χ2v) is 38.9. The van der Waals surface area contributed by atoms with Crippen molar-refractivity contribution in [2.24, 2.45) is 0 Å². The molecule has 578 valence electrons. The fourth-order valence-electron chi connectivity index (χ4n) is 17.4. The standard InChI is InChI=1S/C60H43NOSi.C36H29NSi.C18H11BrO.H2/c1-5-16-44(17-6-1)45-28-36-49(37-29-45)61(51-40-32-48(33-41-51)56-25-15-26-58-57-24-13-14-27-59(57)62-60(56)58)50-38-30-46(31-39-50)47-34-42-55(43-35-47)63(52-18-7-2-8-19-52,53-20-9-3-10-21-53)54-22-11-4-12-23-54;1-5-13-29(14-6-1)30-21-23-31(24-22-30)37-32-25-27-36(28-26-32)38(33-15-7-2-8-16-33,34-17-9-3-10-18-34)35-19-11-4-12-20-35;19-13-10-8-12(9-11-13)14-5-3-6-16-15-4-1-2-7-17(15)20-18(14)16;/h1-43H;1-28,37H;1-11H;1H. The minimum Gasteiger partial charge on any atom is -0.455 e. The summed E-state index contributed by atoms with van der Waals surface area (Å²) in [5.41, 5.74) is 20.8. The highest BCUT2D eigenvalue weighted by Crippen LogP contribution is 2.42. The van der Waals surface area contributed by atoms with Crippen molar-refractivity contribution in [3.8, 4) is 55.6 Å². The molecular formula is C114H85BrN2O2Si2. The summed E-state index contributed by atoms with van der Waals surface area (Å²) in [6.07, 6.45) is 0. The summed E-state index contributed by atoms with van der Waals surface area (Å²) in [6, 6.07) is 179. The van der Waals surface area contributed by atoms with Gasteiger partial charge in [0.1, 0.15) is 22.3 Å². The van der Waals surface area contributed by atoms with Gasteiger partial charge in [-0.2, -0.15) is 0 Å². The lowest BCUT2D eigenvalue weighted by molar-refractivity contribution is 0.669. The van der Waals surface area contributed by atoms with Crippen LogP contribution in [0.5, 0.6) is 0 Å². The molecule has 19 aromatic carbocycles. The molecular weight excluding hydrogens is 1570 g/mol. The van der Waals surface area contributed by atoms with Gasteiger partial charge < -0.3 is 19.1 Å². The summed E-state index contributed by atoms with van der Waals surface area (Å²) in [5.74, 6) is 0. The van der Waals surface area contributed by atoms with Crippen LogP contribution in [-0.2, 0) is 0 Å². The van der Waals surface area contributed by atoms with Crippen LogP contribution in [-0.4, -0.2) is 16.1 Å². The van der Waals surface area contributed by atoms with E-state index in [1.54, 1.807) is 0 Å². The highest BCUT2D eigenvalue weighted by atomic mass is 79.9. The Labute approximate surface area is 718 Å². The van der Waals surface area contributed by atoms with E-state index in [1.807, 2.05) is 36.4 Å². The Kier molecular flexibility index (Phi) is 22.0. The maximum Gasteiger partial charge on any atom is 0.179 e. The first kappa shape index (κ1) is 76.3. The summed E-state index contributed by atoms with van der Waals surface area (Å²) in [6.45, 7) is 0. The summed E-state index contributed by atoms with van der Waals surface area (Å²) in [5, 5.41) is 19.2. The van der Waals surface area contributed by atoms with Gasteiger partial charge in [0, 0.05) is 67.0 Å². The SMILES string of the molecule is Brc1ccc(-c2cccc3c2oc2ccccc23)cc1.[HH].c1ccc(-c2ccc(N(c3ccc(-c4ccc([Si](c5ccccc5)(c5ccccc5)c5ccccc5)cc4)cc3)c3ccc(-c4cccc5c4oc4ccccc45)cc3)cc2)cc1.c1ccc(-c2ccc(Nc3ccc([Si](c4ccccc4)(c4ccccc4)c4ccccc4)cc3)cc2)cc1. The van der Waals surface area contributed by atoms with E-state index in [0.29, 0.717) is 0 Å². The molecule has 1 N–H and O–H groups in total.